The molecular formula is C12H8F4N2O2. The zero-order valence-corrected chi connectivity index (χ0v) is 9.87. The molecule has 0 saturated heterocycles. The minimum atomic E-state index is -4.84. The SMILES string of the molecule is NC(=O)Cn1c(=O)ccc2cc(C(F)(F)F)c(F)cc21. The Kier molecular flexibility index (Phi) is 3.24. The summed E-state index contributed by atoms with van der Waals surface area (Å²) in [5, 5.41) is -0.0143. The highest BCUT2D eigenvalue weighted by Crippen LogP contribution is 2.33. The Morgan fingerprint density at radius 2 is 1.90 bits per heavy atom. The fourth-order valence-electron chi connectivity index (χ4n) is 1.85. The predicted octanol–water partition coefficient (Wildman–Crippen LogP) is 1.64. The average molecular weight is 288 g/mol. The molecule has 8 heteroatoms. The van der Waals surface area contributed by atoms with Crippen molar-refractivity contribution in [3.8, 4) is 0 Å². The summed E-state index contributed by atoms with van der Waals surface area (Å²) in [4.78, 5) is 22.4. The van der Waals surface area contributed by atoms with Gasteiger partial charge in [0.05, 0.1) is 11.1 Å². The van der Waals surface area contributed by atoms with Gasteiger partial charge >= 0.3 is 6.18 Å². The second kappa shape index (κ2) is 4.62. The molecule has 2 aromatic rings. The number of pyridine rings is 1. The molecule has 0 aliphatic heterocycles. The highest BCUT2D eigenvalue weighted by molar-refractivity contribution is 5.82. The third-order valence-electron chi connectivity index (χ3n) is 2.70. The molecule has 4 nitrogen and oxygen atoms in total. The van der Waals surface area contributed by atoms with Gasteiger partial charge in [0, 0.05) is 6.07 Å². The van der Waals surface area contributed by atoms with E-state index in [1.165, 1.54) is 0 Å². The van der Waals surface area contributed by atoms with E-state index in [4.69, 9.17) is 5.73 Å². The molecule has 0 saturated carbocycles. The first-order valence-electron chi connectivity index (χ1n) is 5.39. The quantitative estimate of drug-likeness (QED) is 0.854. The van der Waals surface area contributed by atoms with Gasteiger partial charge in [0.15, 0.2) is 0 Å². The van der Waals surface area contributed by atoms with Gasteiger partial charge < -0.3 is 5.73 Å². The van der Waals surface area contributed by atoms with E-state index >= 15 is 0 Å². The largest absolute Gasteiger partial charge is 0.419 e. The number of rotatable bonds is 2. The first-order chi connectivity index (χ1) is 9.20. The number of nitrogens with zero attached hydrogens (tertiary/aromatic N) is 1. The van der Waals surface area contributed by atoms with Gasteiger partial charge in [-0.15, -0.1) is 0 Å². The summed E-state index contributed by atoms with van der Waals surface area (Å²) >= 11 is 0. The van der Waals surface area contributed by atoms with Gasteiger partial charge in [0.2, 0.25) is 5.91 Å². The van der Waals surface area contributed by atoms with Crippen LogP contribution in [0.2, 0.25) is 0 Å². The Morgan fingerprint density at radius 1 is 1.25 bits per heavy atom. The zero-order valence-electron chi connectivity index (χ0n) is 9.87. The summed E-state index contributed by atoms with van der Waals surface area (Å²) in [6.07, 6.45) is -4.84. The van der Waals surface area contributed by atoms with Crippen molar-refractivity contribution < 1.29 is 22.4 Å². The molecule has 0 spiro atoms. The Morgan fingerprint density at radius 3 is 2.45 bits per heavy atom. The molecule has 1 heterocycles. The van der Waals surface area contributed by atoms with Crippen molar-refractivity contribution in [2.45, 2.75) is 12.7 Å². The average Bonchev–Trinajstić information content (AvgIpc) is 2.31. The van der Waals surface area contributed by atoms with Crippen LogP contribution in [-0.4, -0.2) is 10.5 Å². The van der Waals surface area contributed by atoms with Crippen LogP contribution in [0.1, 0.15) is 5.56 Å². The number of benzene rings is 1. The van der Waals surface area contributed by atoms with Gasteiger partial charge in [0.25, 0.3) is 5.56 Å². The van der Waals surface area contributed by atoms with Crippen LogP contribution in [0.25, 0.3) is 10.9 Å². The Balaban J connectivity index is 2.78. The van der Waals surface area contributed by atoms with Crippen molar-refractivity contribution in [1.82, 2.24) is 4.57 Å². The Hall–Kier alpha value is -2.38. The van der Waals surface area contributed by atoms with E-state index in [2.05, 4.69) is 0 Å². The fourth-order valence-corrected chi connectivity index (χ4v) is 1.85. The van der Waals surface area contributed by atoms with E-state index in [-0.39, 0.29) is 10.9 Å². The summed E-state index contributed by atoms with van der Waals surface area (Å²) in [6.45, 7) is -0.541. The molecule has 0 fully saturated rings. The van der Waals surface area contributed by atoms with Crippen molar-refractivity contribution in [2.75, 3.05) is 0 Å². The predicted molar refractivity (Wildman–Crippen MR) is 62.4 cm³/mol. The number of primary amides is 1. The van der Waals surface area contributed by atoms with E-state index in [9.17, 15) is 27.2 Å². The summed E-state index contributed by atoms with van der Waals surface area (Å²) in [5.41, 5.74) is 2.73. The van der Waals surface area contributed by atoms with Crippen LogP contribution in [0.15, 0.2) is 29.1 Å². The standard InChI is InChI=1S/C12H8F4N2O2/c13-8-4-9-6(3-7(8)12(14,15)16)1-2-11(20)18(9)5-10(17)19/h1-4H,5H2,(H2,17,19). The van der Waals surface area contributed by atoms with Gasteiger partial charge in [-0.1, -0.05) is 0 Å². The van der Waals surface area contributed by atoms with Crippen molar-refractivity contribution in [3.63, 3.8) is 0 Å². The topological polar surface area (TPSA) is 65.1 Å². The summed E-state index contributed by atoms with van der Waals surface area (Å²) in [5.74, 6) is -2.38. The van der Waals surface area contributed by atoms with E-state index in [0.29, 0.717) is 12.1 Å². The van der Waals surface area contributed by atoms with Gasteiger partial charge in [-0.05, 0) is 23.6 Å². The number of amides is 1. The van der Waals surface area contributed by atoms with Crippen LogP contribution in [0, 0.1) is 5.82 Å². The first kappa shape index (κ1) is 14.0. The normalized spacial score (nSPS) is 11.8. The lowest BCUT2D eigenvalue weighted by Crippen LogP contribution is -2.27. The highest BCUT2D eigenvalue weighted by atomic mass is 19.4. The number of nitrogens with two attached hydrogens (primary N) is 1. The van der Waals surface area contributed by atoms with Gasteiger partial charge in [-0.3, -0.25) is 14.2 Å². The Bertz CT molecular complexity index is 749. The summed E-state index contributed by atoms with van der Waals surface area (Å²) in [7, 11) is 0. The molecule has 0 bridgehead atoms. The number of carbonyl (C=O) groups excluding carboxylic acids is 1. The smallest absolute Gasteiger partial charge is 0.368 e. The second-order valence-corrected chi connectivity index (χ2v) is 4.11. The second-order valence-electron chi connectivity index (χ2n) is 4.11. The number of carbonyl (C=O) groups is 1. The molecule has 106 valence electrons. The molecule has 2 N–H and O–H groups in total. The van der Waals surface area contributed by atoms with E-state index < -0.39 is 35.6 Å². The molecule has 1 aromatic heterocycles. The number of fused-ring (bicyclic) bond motifs is 1. The molecule has 2 rings (SSSR count). The first-order valence-corrected chi connectivity index (χ1v) is 5.39. The van der Waals surface area contributed by atoms with Crippen molar-refractivity contribution in [2.24, 2.45) is 5.73 Å². The van der Waals surface area contributed by atoms with Gasteiger partial charge in [-0.25, -0.2) is 4.39 Å². The Labute approximate surface area is 109 Å². The lowest BCUT2D eigenvalue weighted by molar-refractivity contribution is -0.139. The minimum absolute atomic E-state index is 0.0143. The third kappa shape index (κ3) is 2.49. The zero-order chi connectivity index (χ0) is 15.1. The van der Waals surface area contributed by atoms with Crippen LogP contribution in [0.4, 0.5) is 17.6 Å². The molecule has 1 aromatic carbocycles. The third-order valence-corrected chi connectivity index (χ3v) is 2.70. The van der Waals surface area contributed by atoms with Crippen LogP contribution >= 0.6 is 0 Å². The molecular weight excluding hydrogens is 280 g/mol. The maximum Gasteiger partial charge on any atom is 0.419 e. The number of halogens is 4. The van der Waals surface area contributed by atoms with E-state index in [1.807, 2.05) is 0 Å². The van der Waals surface area contributed by atoms with Crippen molar-refractivity contribution >= 4 is 16.8 Å². The molecule has 0 unspecified atom stereocenters. The molecule has 20 heavy (non-hydrogen) atoms. The van der Waals surface area contributed by atoms with E-state index in [1.54, 1.807) is 0 Å². The highest BCUT2D eigenvalue weighted by Gasteiger charge is 2.34. The van der Waals surface area contributed by atoms with Crippen molar-refractivity contribution in [3.05, 3.63) is 46.0 Å². The summed E-state index contributed by atoms with van der Waals surface area (Å²) in [6, 6.07) is 3.28. The van der Waals surface area contributed by atoms with Gasteiger partial charge in [0.1, 0.15) is 12.4 Å². The number of alkyl halides is 3. The minimum Gasteiger partial charge on any atom is -0.368 e. The van der Waals surface area contributed by atoms with E-state index in [0.717, 1.165) is 16.7 Å². The summed E-state index contributed by atoms with van der Waals surface area (Å²) < 4.78 is 52.1. The van der Waals surface area contributed by atoms with Crippen LogP contribution < -0.4 is 11.3 Å². The molecule has 0 atom stereocenters. The molecule has 0 radical (unpaired) electrons. The number of hydrogen-bond acceptors (Lipinski definition) is 2. The molecule has 0 aliphatic carbocycles. The lowest BCUT2D eigenvalue weighted by Gasteiger charge is -2.12. The van der Waals surface area contributed by atoms with Crippen molar-refractivity contribution in [1.29, 1.82) is 0 Å². The maximum absolute atomic E-state index is 13.5. The van der Waals surface area contributed by atoms with Crippen LogP contribution in [0.3, 0.4) is 0 Å². The van der Waals surface area contributed by atoms with Crippen LogP contribution in [-0.2, 0) is 17.5 Å². The molecule has 0 aliphatic rings. The van der Waals surface area contributed by atoms with Gasteiger partial charge in [-0.2, -0.15) is 13.2 Å². The number of hydrogen-bond donors (Lipinski definition) is 1. The lowest BCUT2D eigenvalue weighted by atomic mass is 10.1. The number of aromatic nitrogens is 1. The van der Waals surface area contributed by atoms with Crippen LogP contribution in [0.5, 0.6) is 0 Å². The maximum atomic E-state index is 13.5. The fraction of sp³-hybridized carbons (Fsp3) is 0.167. The monoisotopic (exact) mass is 288 g/mol. The molecule has 1 amide bonds.